The first-order chi connectivity index (χ1) is 17.6. The van der Waals surface area contributed by atoms with Crippen LogP contribution in [0.4, 0.5) is 0 Å². The number of hydrogen-bond acceptors (Lipinski definition) is 6. The van der Waals surface area contributed by atoms with Crippen molar-refractivity contribution in [3.05, 3.63) is 53.1 Å². The van der Waals surface area contributed by atoms with Gasteiger partial charge in [-0.2, -0.15) is 0 Å². The lowest BCUT2D eigenvalue weighted by Gasteiger charge is -2.17. The number of nitrogens with zero attached hydrogens (tertiary/aromatic N) is 1. The largest absolute Gasteiger partial charge is 0.493 e. The SMILES string of the molecule is CC(C)CCOc1ccc(/C(=N\O)c2ccc(OCCC(C)C)c(OCCC(C)C)c2)cc1CC(=O)O. The summed E-state index contributed by atoms with van der Waals surface area (Å²) in [7, 11) is 0. The minimum Gasteiger partial charge on any atom is -0.493 e. The maximum absolute atomic E-state index is 11.5. The Hall–Kier alpha value is -3.22. The van der Waals surface area contributed by atoms with Crippen LogP contribution in [0.3, 0.4) is 0 Å². The number of ether oxygens (including phenoxy) is 3. The monoisotopic (exact) mass is 513 g/mol. The fraction of sp³-hybridized carbons (Fsp3) is 0.533. The summed E-state index contributed by atoms with van der Waals surface area (Å²) < 4.78 is 18.0. The average Bonchev–Trinajstić information content (AvgIpc) is 2.81. The van der Waals surface area contributed by atoms with Gasteiger partial charge in [0.2, 0.25) is 0 Å². The van der Waals surface area contributed by atoms with Crippen molar-refractivity contribution < 1.29 is 29.3 Å². The number of carboxylic acid groups (broad SMARTS) is 1. The number of aliphatic carboxylic acids is 1. The van der Waals surface area contributed by atoms with E-state index in [1.807, 2.05) is 18.2 Å². The normalized spacial score (nSPS) is 11.9. The molecule has 0 radical (unpaired) electrons. The number of hydrogen-bond donors (Lipinski definition) is 2. The molecule has 7 nitrogen and oxygen atoms in total. The average molecular weight is 514 g/mol. The van der Waals surface area contributed by atoms with E-state index in [1.165, 1.54) is 0 Å². The summed E-state index contributed by atoms with van der Waals surface area (Å²) in [5.41, 5.74) is 2.05. The molecule has 2 N–H and O–H groups in total. The number of carbonyl (C=O) groups is 1. The van der Waals surface area contributed by atoms with Gasteiger partial charge in [0, 0.05) is 16.7 Å². The Morgan fingerprint density at radius 2 is 1.19 bits per heavy atom. The number of carboxylic acids is 1. The van der Waals surface area contributed by atoms with Crippen LogP contribution >= 0.6 is 0 Å². The first-order valence-electron chi connectivity index (χ1n) is 13.2. The van der Waals surface area contributed by atoms with Gasteiger partial charge in [0.25, 0.3) is 0 Å². The van der Waals surface area contributed by atoms with E-state index in [9.17, 15) is 15.1 Å². The van der Waals surface area contributed by atoms with E-state index in [1.54, 1.807) is 18.2 Å². The Labute approximate surface area is 221 Å². The molecule has 0 saturated carbocycles. The van der Waals surface area contributed by atoms with Crippen molar-refractivity contribution in [1.82, 2.24) is 0 Å². The van der Waals surface area contributed by atoms with Gasteiger partial charge >= 0.3 is 5.97 Å². The van der Waals surface area contributed by atoms with Gasteiger partial charge in [-0.15, -0.1) is 0 Å². The molecule has 0 amide bonds. The Morgan fingerprint density at radius 3 is 1.68 bits per heavy atom. The third-order valence-corrected chi connectivity index (χ3v) is 5.85. The molecule has 0 aromatic heterocycles. The summed E-state index contributed by atoms with van der Waals surface area (Å²) in [6, 6.07) is 10.7. The van der Waals surface area contributed by atoms with E-state index in [-0.39, 0.29) is 6.42 Å². The van der Waals surface area contributed by atoms with Crippen molar-refractivity contribution in [2.24, 2.45) is 22.9 Å². The van der Waals surface area contributed by atoms with Crippen molar-refractivity contribution in [3.8, 4) is 17.2 Å². The van der Waals surface area contributed by atoms with Gasteiger partial charge in [-0.3, -0.25) is 4.79 Å². The van der Waals surface area contributed by atoms with Gasteiger partial charge in [0.05, 0.1) is 26.2 Å². The molecule has 0 aliphatic heterocycles. The first kappa shape index (κ1) is 30.0. The molecule has 37 heavy (non-hydrogen) atoms. The molecule has 2 aromatic rings. The molecule has 7 heteroatoms. The zero-order valence-electron chi connectivity index (χ0n) is 23.1. The second-order valence-corrected chi connectivity index (χ2v) is 10.6. The van der Waals surface area contributed by atoms with Crippen molar-refractivity contribution in [2.75, 3.05) is 19.8 Å². The summed E-state index contributed by atoms with van der Waals surface area (Å²) in [6.07, 6.45) is 2.49. The van der Waals surface area contributed by atoms with Crippen LogP contribution in [-0.2, 0) is 11.2 Å². The van der Waals surface area contributed by atoms with Gasteiger partial charge in [0.1, 0.15) is 11.5 Å². The third kappa shape index (κ3) is 10.3. The fourth-order valence-corrected chi connectivity index (χ4v) is 3.55. The highest BCUT2D eigenvalue weighted by Gasteiger charge is 2.17. The maximum Gasteiger partial charge on any atom is 0.307 e. The van der Waals surface area contributed by atoms with Crippen molar-refractivity contribution in [2.45, 2.75) is 67.2 Å². The lowest BCUT2D eigenvalue weighted by atomic mass is 9.98. The fourth-order valence-electron chi connectivity index (χ4n) is 3.55. The first-order valence-corrected chi connectivity index (χ1v) is 13.2. The molecule has 0 heterocycles. The predicted molar refractivity (Wildman–Crippen MR) is 146 cm³/mol. The molecular weight excluding hydrogens is 470 g/mol. The van der Waals surface area contributed by atoms with Gasteiger partial charge in [-0.25, -0.2) is 0 Å². The van der Waals surface area contributed by atoms with Crippen LogP contribution in [0, 0.1) is 17.8 Å². The van der Waals surface area contributed by atoms with E-state index >= 15 is 0 Å². The van der Waals surface area contributed by atoms with Crippen molar-refractivity contribution >= 4 is 11.7 Å². The van der Waals surface area contributed by atoms with E-state index in [0.717, 1.165) is 19.3 Å². The van der Waals surface area contributed by atoms with Crippen LogP contribution in [-0.4, -0.2) is 41.8 Å². The minimum atomic E-state index is -0.961. The summed E-state index contributed by atoms with van der Waals surface area (Å²) in [5.74, 6) is 2.29. The minimum absolute atomic E-state index is 0.199. The lowest BCUT2D eigenvalue weighted by Crippen LogP contribution is -2.10. The Balaban J connectivity index is 2.37. The number of rotatable bonds is 16. The van der Waals surface area contributed by atoms with Crippen LogP contribution in [0.1, 0.15) is 77.5 Å². The van der Waals surface area contributed by atoms with Crippen molar-refractivity contribution in [3.63, 3.8) is 0 Å². The van der Waals surface area contributed by atoms with Gasteiger partial charge in [0.15, 0.2) is 11.5 Å². The smallest absolute Gasteiger partial charge is 0.307 e. The standard InChI is InChI=1S/C30H43NO6/c1-20(2)11-14-35-26-9-7-23(17-25(26)19-29(32)33)30(31-34)24-8-10-27(36-15-12-21(3)4)28(18-24)37-16-13-22(5)6/h7-10,17-18,20-22,34H,11-16,19H2,1-6H3,(H,32,33)/b31-30+. The molecule has 0 fully saturated rings. The van der Waals surface area contributed by atoms with Gasteiger partial charge < -0.3 is 24.5 Å². The highest BCUT2D eigenvalue weighted by Crippen LogP contribution is 2.31. The van der Waals surface area contributed by atoms with E-state index < -0.39 is 5.97 Å². The Bertz CT molecular complexity index is 1030. The number of oxime groups is 1. The van der Waals surface area contributed by atoms with E-state index in [0.29, 0.717) is 77.2 Å². The summed E-state index contributed by atoms with van der Waals surface area (Å²) in [5, 5.41) is 23.0. The second-order valence-electron chi connectivity index (χ2n) is 10.6. The third-order valence-electron chi connectivity index (χ3n) is 5.85. The molecule has 0 aliphatic carbocycles. The zero-order valence-corrected chi connectivity index (χ0v) is 23.1. The van der Waals surface area contributed by atoms with Gasteiger partial charge in [-0.1, -0.05) is 46.7 Å². The molecule has 0 spiro atoms. The zero-order chi connectivity index (χ0) is 27.4. The highest BCUT2D eigenvalue weighted by molar-refractivity contribution is 6.13. The molecular formula is C30H43NO6. The molecule has 0 atom stereocenters. The van der Waals surface area contributed by atoms with E-state index in [2.05, 4.69) is 46.7 Å². The van der Waals surface area contributed by atoms with Crippen LogP contribution in [0.15, 0.2) is 41.6 Å². The summed E-state index contributed by atoms with van der Waals surface area (Å²) in [4.78, 5) is 11.5. The van der Waals surface area contributed by atoms with Crippen molar-refractivity contribution in [1.29, 1.82) is 0 Å². The molecule has 0 saturated heterocycles. The second kappa shape index (κ2) is 15.1. The van der Waals surface area contributed by atoms with Gasteiger partial charge in [-0.05, 0) is 73.4 Å². The molecule has 204 valence electrons. The summed E-state index contributed by atoms with van der Waals surface area (Å²) >= 11 is 0. The Morgan fingerprint density at radius 1 is 0.730 bits per heavy atom. The quantitative estimate of drug-likeness (QED) is 0.145. The maximum atomic E-state index is 11.5. The number of benzene rings is 2. The topological polar surface area (TPSA) is 97.6 Å². The highest BCUT2D eigenvalue weighted by atomic mass is 16.5. The molecule has 0 aliphatic rings. The molecule has 2 aromatic carbocycles. The van der Waals surface area contributed by atoms with Crippen LogP contribution in [0.25, 0.3) is 0 Å². The lowest BCUT2D eigenvalue weighted by molar-refractivity contribution is -0.136. The van der Waals surface area contributed by atoms with E-state index in [4.69, 9.17) is 14.2 Å². The van der Waals surface area contributed by atoms with Crippen LogP contribution in [0.2, 0.25) is 0 Å². The summed E-state index contributed by atoms with van der Waals surface area (Å²) in [6.45, 7) is 14.4. The Kier molecular flexibility index (Phi) is 12.3. The molecule has 0 unspecified atom stereocenters. The molecule has 0 bridgehead atoms. The predicted octanol–water partition coefficient (Wildman–Crippen LogP) is 6.82. The van der Waals surface area contributed by atoms with Crippen LogP contribution in [0.5, 0.6) is 17.2 Å². The van der Waals surface area contributed by atoms with Crippen LogP contribution < -0.4 is 14.2 Å². The molecule has 2 rings (SSSR count).